The maximum absolute atomic E-state index is 13.4. The highest BCUT2D eigenvalue weighted by molar-refractivity contribution is 5.20. The van der Waals surface area contributed by atoms with Gasteiger partial charge in [0.2, 0.25) is 0 Å². The molecule has 18 heavy (non-hydrogen) atoms. The van der Waals surface area contributed by atoms with Gasteiger partial charge in [0.1, 0.15) is 5.82 Å². The summed E-state index contributed by atoms with van der Waals surface area (Å²) in [6, 6.07) is 6.37. The van der Waals surface area contributed by atoms with Crippen molar-refractivity contribution >= 4 is 0 Å². The fraction of sp³-hybridized carbons (Fsp3) is 0.467. The van der Waals surface area contributed by atoms with Gasteiger partial charge in [-0.05, 0) is 38.3 Å². The standard InChI is InChI=1S/C15H20FNO/c16-14-8-4-3-7-13(14)15(18)11-17-10-9-12-5-1-2-6-12/h3-5,7-8,15,17-18H,1-2,6,9-11H2. The molecule has 1 aliphatic carbocycles. The van der Waals surface area contributed by atoms with Gasteiger partial charge in [-0.2, -0.15) is 0 Å². The van der Waals surface area contributed by atoms with E-state index in [-0.39, 0.29) is 5.82 Å². The minimum atomic E-state index is -0.774. The molecule has 0 bridgehead atoms. The molecule has 2 rings (SSSR count). The number of halogens is 1. The van der Waals surface area contributed by atoms with Crippen LogP contribution in [0.15, 0.2) is 35.9 Å². The van der Waals surface area contributed by atoms with Gasteiger partial charge < -0.3 is 10.4 Å². The van der Waals surface area contributed by atoms with Crippen LogP contribution in [0.25, 0.3) is 0 Å². The van der Waals surface area contributed by atoms with Crippen molar-refractivity contribution in [2.24, 2.45) is 0 Å². The van der Waals surface area contributed by atoms with Gasteiger partial charge in [-0.3, -0.25) is 0 Å². The van der Waals surface area contributed by atoms with Crippen LogP contribution < -0.4 is 5.32 Å². The van der Waals surface area contributed by atoms with Gasteiger partial charge in [0.05, 0.1) is 6.10 Å². The maximum Gasteiger partial charge on any atom is 0.129 e. The fourth-order valence-electron chi connectivity index (χ4n) is 2.31. The Bertz CT molecular complexity index is 417. The second-order valence-corrected chi connectivity index (χ2v) is 4.75. The number of aliphatic hydroxyl groups excluding tert-OH is 1. The third-order valence-electron chi connectivity index (χ3n) is 3.36. The van der Waals surface area contributed by atoms with Gasteiger partial charge in [0.25, 0.3) is 0 Å². The van der Waals surface area contributed by atoms with E-state index >= 15 is 0 Å². The van der Waals surface area contributed by atoms with Crippen LogP contribution in [0.1, 0.15) is 37.4 Å². The Hall–Kier alpha value is -1.19. The number of allylic oxidation sites excluding steroid dienone is 1. The van der Waals surface area contributed by atoms with Crippen molar-refractivity contribution in [3.8, 4) is 0 Å². The molecule has 0 spiro atoms. The lowest BCUT2D eigenvalue weighted by Gasteiger charge is -2.13. The maximum atomic E-state index is 13.4. The molecule has 1 aliphatic rings. The summed E-state index contributed by atoms with van der Waals surface area (Å²) in [7, 11) is 0. The van der Waals surface area contributed by atoms with Crippen LogP contribution in [0.5, 0.6) is 0 Å². The van der Waals surface area contributed by atoms with Crippen LogP contribution in [0.4, 0.5) is 4.39 Å². The van der Waals surface area contributed by atoms with E-state index in [1.807, 2.05) is 0 Å². The van der Waals surface area contributed by atoms with Gasteiger partial charge in [-0.15, -0.1) is 0 Å². The first kappa shape index (κ1) is 13.2. The van der Waals surface area contributed by atoms with Crippen molar-refractivity contribution in [2.75, 3.05) is 13.1 Å². The molecule has 0 amide bonds. The Balaban J connectivity index is 1.71. The summed E-state index contributed by atoms with van der Waals surface area (Å²) in [5, 5.41) is 13.1. The number of nitrogens with one attached hydrogen (secondary N) is 1. The predicted molar refractivity (Wildman–Crippen MR) is 70.8 cm³/mol. The molecule has 0 fully saturated rings. The van der Waals surface area contributed by atoms with E-state index in [0.717, 1.165) is 13.0 Å². The molecule has 98 valence electrons. The fourth-order valence-corrected chi connectivity index (χ4v) is 2.31. The lowest BCUT2D eigenvalue weighted by Crippen LogP contribution is -2.23. The molecule has 0 aliphatic heterocycles. The molecule has 2 N–H and O–H groups in total. The largest absolute Gasteiger partial charge is 0.387 e. The highest BCUT2D eigenvalue weighted by atomic mass is 19.1. The van der Waals surface area contributed by atoms with E-state index in [0.29, 0.717) is 12.1 Å². The number of aliphatic hydroxyl groups is 1. The molecule has 0 saturated carbocycles. The lowest BCUT2D eigenvalue weighted by atomic mass is 10.1. The minimum absolute atomic E-state index is 0.342. The van der Waals surface area contributed by atoms with Crippen molar-refractivity contribution < 1.29 is 9.50 Å². The normalized spacial score (nSPS) is 16.7. The molecule has 1 unspecified atom stereocenters. The minimum Gasteiger partial charge on any atom is -0.387 e. The number of rotatable bonds is 6. The van der Waals surface area contributed by atoms with Gasteiger partial charge in [-0.25, -0.2) is 4.39 Å². The van der Waals surface area contributed by atoms with E-state index in [2.05, 4.69) is 11.4 Å². The van der Waals surface area contributed by atoms with E-state index in [1.165, 1.54) is 30.9 Å². The zero-order valence-electron chi connectivity index (χ0n) is 10.5. The van der Waals surface area contributed by atoms with Crippen LogP contribution in [0, 0.1) is 5.82 Å². The molecule has 2 nitrogen and oxygen atoms in total. The molecular formula is C15H20FNO. The van der Waals surface area contributed by atoms with Crippen LogP contribution >= 0.6 is 0 Å². The van der Waals surface area contributed by atoms with Crippen LogP contribution in [-0.2, 0) is 0 Å². The quantitative estimate of drug-likeness (QED) is 0.600. The summed E-state index contributed by atoms with van der Waals surface area (Å²) in [4.78, 5) is 0. The smallest absolute Gasteiger partial charge is 0.129 e. The van der Waals surface area contributed by atoms with Crippen molar-refractivity contribution in [1.29, 1.82) is 0 Å². The Kier molecular flexibility index (Phi) is 4.90. The molecular weight excluding hydrogens is 229 g/mol. The van der Waals surface area contributed by atoms with Crippen LogP contribution in [-0.4, -0.2) is 18.2 Å². The average Bonchev–Trinajstić information content (AvgIpc) is 2.88. The Morgan fingerprint density at radius 2 is 2.17 bits per heavy atom. The number of benzene rings is 1. The van der Waals surface area contributed by atoms with E-state index in [1.54, 1.807) is 18.2 Å². The van der Waals surface area contributed by atoms with Gasteiger partial charge >= 0.3 is 0 Å². The molecule has 0 radical (unpaired) electrons. The zero-order chi connectivity index (χ0) is 12.8. The van der Waals surface area contributed by atoms with Crippen molar-refractivity contribution in [2.45, 2.75) is 31.8 Å². The molecule has 0 aromatic heterocycles. The van der Waals surface area contributed by atoms with E-state index in [9.17, 15) is 9.50 Å². The Labute approximate surface area is 108 Å². The molecule has 1 aromatic carbocycles. The van der Waals surface area contributed by atoms with Gasteiger partial charge in [0.15, 0.2) is 0 Å². The van der Waals surface area contributed by atoms with Crippen molar-refractivity contribution in [1.82, 2.24) is 5.32 Å². The first-order chi connectivity index (χ1) is 8.77. The molecule has 0 saturated heterocycles. The van der Waals surface area contributed by atoms with Gasteiger partial charge in [-0.1, -0.05) is 29.8 Å². The SMILES string of the molecule is OC(CNCCC1=CCCC1)c1ccccc1F. The molecule has 1 atom stereocenters. The van der Waals surface area contributed by atoms with E-state index < -0.39 is 6.10 Å². The summed E-state index contributed by atoms with van der Waals surface area (Å²) in [6.07, 6.45) is 6.24. The van der Waals surface area contributed by atoms with Gasteiger partial charge in [0, 0.05) is 12.1 Å². The van der Waals surface area contributed by atoms with E-state index in [4.69, 9.17) is 0 Å². The monoisotopic (exact) mass is 249 g/mol. The third kappa shape index (κ3) is 3.65. The molecule has 0 heterocycles. The summed E-state index contributed by atoms with van der Waals surface area (Å²) < 4.78 is 13.4. The molecule has 1 aromatic rings. The Morgan fingerprint density at radius 1 is 1.33 bits per heavy atom. The summed E-state index contributed by atoms with van der Waals surface area (Å²) in [5.41, 5.74) is 1.87. The molecule has 3 heteroatoms. The topological polar surface area (TPSA) is 32.3 Å². The third-order valence-corrected chi connectivity index (χ3v) is 3.36. The number of hydrogen-bond acceptors (Lipinski definition) is 2. The van der Waals surface area contributed by atoms with Crippen molar-refractivity contribution in [3.63, 3.8) is 0 Å². The second-order valence-electron chi connectivity index (χ2n) is 4.75. The van der Waals surface area contributed by atoms with Crippen LogP contribution in [0.3, 0.4) is 0 Å². The van der Waals surface area contributed by atoms with Crippen LogP contribution in [0.2, 0.25) is 0 Å². The predicted octanol–water partition coefficient (Wildman–Crippen LogP) is 2.95. The summed E-state index contributed by atoms with van der Waals surface area (Å²) in [6.45, 7) is 1.24. The first-order valence-corrected chi connectivity index (χ1v) is 6.58. The summed E-state index contributed by atoms with van der Waals surface area (Å²) in [5.74, 6) is -0.342. The first-order valence-electron chi connectivity index (χ1n) is 6.58. The average molecular weight is 249 g/mol. The summed E-state index contributed by atoms with van der Waals surface area (Å²) >= 11 is 0. The lowest BCUT2D eigenvalue weighted by molar-refractivity contribution is 0.170. The Morgan fingerprint density at radius 3 is 2.89 bits per heavy atom. The second kappa shape index (κ2) is 6.66. The van der Waals surface area contributed by atoms with Crippen molar-refractivity contribution in [3.05, 3.63) is 47.3 Å². The highest BCUT2D eigenvalue weighted by Gasteiger charge is 2.11. The number of hydrogen-bond donors (Lipinski definition) is 2. The zero-order valence-corrected chi connectivity index (χ0v) is 10.5. The highest BCUT2D eigenvalue weighted by Crippen LogP contribution is 2.20.